The van der Waals surface area contributed by atoms with Crippen LogP contribution in [-0.2, 0) is 0 Å². The number of amides is 1. The van der Waals surface area contributed by atoms with Gasteiger partial charge < -0.3 is 4.90 Å². The number of carbonyl (C=O) groups is 1. The molecule has 1 rings (SSSR count). The first-order valence-corrected chi connectivity index (χ1v) is 6.48. The van der Waals surface area contributed by atoms with E-state index in [0.29, 0.717) is 13.0 Å². The minimum atomic E-state index is -0.596. The SMILES string of the molecule is CC(Cl)CCN(C)C(=O)c1cc(Cl)ccc1[N+](=O)[O-]. The first-order valence-electron chi connectivity index (χ1n) is 5.66. The standard InChI is InChI=1S/C12H14Cl2N2O3/c1-8(13)5-6-15(2)12(17)10-7-9(14)3-4-11(10)16(18)19/h3-4,7-8H,5-6H2,1-2H3. The zero-order chi connectivity index (χ0) is 14.6. The number of nitro benzene ring substituents is 1. The molecule has 0 aliphatic rings. The van der Waals surface area contributed by atoms with Crippen LogP contribution in [0, 0.1) is 10.1 Å². The van der Waals surface area contributed by atoms with Crippen molar-refractivity contribution in [2.24, 2.45) is 0 Å². The topological polar surface area (TPSA) is 63.5 Å². The van der Waals surface area contributed by atoms with Gasteiger partial charge >= 0.3 is 0 Å². The van der Waals surface area contributed by atoms with Gasteiger partial charge in [-0.2, -0.15) is 0 Å². The van der Waals surface area contributed by atoms with Crippen molar-refractivity contribution < 1.29 is 9.72 Å². The highest BCUT2D eigenvalue weighted by Gasteiger charge is 2.23. The van der Waals surface area contributed by atoms with Gasteiger partial charge in [0.2, 0.25) is 0 Å². The Morgan fingerprint density at radius 2 is 2.16 bits per heavy atom. The average Bonchev–Trinajstić information content (AvgIpc) is 2.34. The largest absolute Gasteiger partial charge is 0.341 e. The van der Waals surface area contributed by atoms with Gasteiger partial charge in [-0.05, 0) is 25.5 Å². The normalized spacial score (nSPS) is 12.0. The lowest BCUT2D eigenvalue weighted by Crippen LogP contribution is -2.29. The predicted molar refractivity (Wildman–Crippen MR) is 75.0 cm³/mol. The smallest absolute Gasteiger partial charge is 0.282 e. The Labute approximate surface area is 121 Å². The summed E-state index contributed by atoms with van der Waals surface area (Å²) in [5.74, 6) is -0.438. The Morgan fingerprint density at radius 1 is 1.53 bits per heavy atom. The summed E-state index contributed by atoms with van der Waals surface area (Å²) in [7, 11) is 1.58. The van der Waals surface area contributed by atoms with Crippen LogP contribution in [0.1, 0.15) is 23.7 Å². The molecule has 1 unspecified atom stereocenters. The molecule has 0 radical (unpaired) electrons. The van der Waals surface area contributed by atoms with Crippen LogP contribution in [0.15, 0.2) is 18.2 Å². The monoisotopic (exact) mass is 304 g/mol. The van der Waals surface area contributed by atoms with E-state index in [9.17, 15) is 14.9 Å². The number of hydrogen-bond acceptors (Lipinski definition) is 3. The van der Waals surface area contributed by atoms with E-state index < -0.39 is 10.8 Å². The van der Waals surface area contributed by atoms with E-state index in [1.54, 1.807) is 7.05 Å². The highest BCUT2D eigenvalue weighted by Crippen LogP contribution is 2.24. The van der Waals surface area contributed by atoms with Crippen molar-refractivity contribution >= 4 is 34.8 Å². The van der Waals surface area contributed by atoms with Crippen LogP contribution in [0.25, 0.3) is 0 Å². The third kappa shape index (κ3) is 4.36. The number of benzene rings is 1. The Hall–Kier alpha value is -1.33. The van der Waals surface area contributed by atoms with Gasteiger partial charge in [-0.25, -0.2) is 0 Å². The number of alkyl halides is 1. The predicted octanol–water partition coefficient (Wildman–Crippen LogP) is 3.34. The fraction of sp³-hybridized carbons (Fsp3) is 0.417. The highest BCUT2D eigenvalue weighted by atomic mass is 35.5. The van der Waals surface area contributed by atoms with E-state index in [1.165, 1.54) is 23.1 Å². The van der Waals surface area contributed by atoms with Crippen molar-refractivity contribution in [3.8, 4) is 0 Å². The summed E-state index contributed by atoms with van der Waals surface area (Å²) in [6.07, 6.45) is 0.609. The third-order valence-electron chi connectivity index (χ3n) is 2.59. The molecule has 0 aliphatic carbocycles. The molecule has 1 aromatic rings. The van der Waals surface area contributed by atoms with E-state index in [0.717, 1.165) is 0 Å². The van der Waals surface area contributed by atoms with Crippen molar-refractivity contribution in [2.75, 3.05) is 13.6 Å². The minimum Gasteiger partial charge on any atom is -0.341 e. The molecule has 0 heterocycles. The molecule has 5 nitrogen and oxygen atoms in total. The molecule has 7 heteroatoms. The van der Waals surface area contributed by atoms with Gasteiger partial charge in [-0.15, -0.1) is 11.6 Å². The molecule has 104 valence electrons. The summed E-state index contributed by atoms with van der Waals surface area (Å²) < 4.78 is 0. The number of nitrogens with zero attached hydrogens (tertiary/aromatic N) is 2. The molecular weight excluding hydrogens is 291 g/mol. The molecule has 0 saturated carbocycles. The molecule has 0 aromatic heterocycles. The van der Waals surface area contributed by atoms with Crippen LogP contribution in [0.2, 0.25) is 5.02 Å². The summed E-state index contributed by atoms with van der Waals surface area (Å²) in [5, 5.41) is 11.1. The molecule has 0 saturated heterocycles. The first kappa shape index (κ1) is 15.7. The maximum Gasteiger partial charge on any atom is 0.282 e. The number of nitro groups is 1. The van der Waals surface area contributed by atoms with Crippen molar-refractivity contribution in [2.45, 2.75) is 18.7 Å². The molecular formula is C12H14Cl2N2O3. The Bertz CT molecular complexity index is 492. The summed E-state index contributed by atoms with van der Waals surface area (Å²) in [4.78, 5) is 23.9. The van der Waals surface area contributed by atoms with Crippen molar-refractivity contribution in [1.29, 1.82) is 0 Å². The van der Waals surface area contributed by atoms with Crippen LogP contribution in [0.5, 0.6) is 0 Å². The summed E-state index contributed by atoms with van der Waals surface area (Å²) in [5.41, 5.74) is -0.262. The van der Waals surface area contributed by atoms with Gasteiger partial charge in [-0.3, -0.25) is 14.9 Å². The number of rotatable bonds is 5. The van der Waals surface area contributed by atoms with Crippen molar-refractivity contribution in [3.05, 3.63) is 38.9 Å². The van der Waals surface area contributed by atoms with E-state index >= 15 is 0 Å². The summed E-state index contributed by atoms with van der Waals surface area (Å²) in [6.45, 7) is 2.24. The Kier molecular flexibility index (Phi) is 5.57. The van der Waals surface area contributed by atoms with Gasteiger partial charge in [0.25, 0.3) is 11.6 Å². The molecule has 1 amide bonds. The van der Waals surface area contributed by atoms with Gasteiger partial charge in [0.15, 0.2) is 0 Å². The summed E-state index contributed by atoms with van der Waals surface area (Å²) in [6, 6.07) is 3.92. The lowest BCUT2D eigenvalue weighted by Gasteiger charge is -2.17. The van der Waals surface area contributed by atoms with Crippen LogP contribution in [0.3, 0.4) is 0 Å². The second-order valence-corrected chi connectivity index (χ2v) is 5.40. The molecule has 0 spiro atoms. The molecule has 0 N–H and O–H groups in total. The van der Waals surface area contributed by atoms with Crippen LogP contribution in [-0.4, -0.2) is 34.7 Å². The van der Waals surface area contributed by atoms with E-state index in [4.69, 9.17) is 23.2 Å². The lowest BCUT2D eigenvalue weighted by molar-refractivity contribution is -0.385. The van der Waals surface area contributed by atoms with Gasteiger partial charge in [-0.1, -0.05) is 11.6 Å². The lowest BCUT2D eigenvalue weighted by atomic mass is 10.1. The number of hydrogen-bond donors (Lipinski definition) is 0. The quantitative estimate of drug-likeness (QED) is 0.476. The molecule has 0 bridgehead atoms. The number of halogens is 2. The molecule has 1 aromatic carbocycles. The number of carbonyl (C=O) groups excluding carboxylic acids is 1. The fourth-order valence-corrected chi connectivity index (χ4v) is 1.79. The zero-order valence-corrected chi connectivity index (χ0v) is 12.1. The Morgan fingerprint density at radius 3 is 2.68 bits per heavy atom. The van der Waals surface area contributed by atoms with Gasteiger partial charge in [0, 0.05) is 30.1 Å². The van der Waals surface area contributed by atoms with Crippen molar-refractivity contribution in [3.63, 3.8) is 0 Å². The Balaban J connectivity index is 2.98. The zero-order valence-electron chi connectivity index (χ0n) is 10.6. The van der Waals surface area contributed by atoms with Crippen LogP contribution < -0.4 is 0 Å². The molecule has 19 heavy (non-hydrogen) atoms. The second kappa shape index (κ2) is 6.73. The maximum absolute atomic E-state index is 12.2. The molecule has 1 atom stereocenters. The summed E-state index contributed by atoms with van der Waals surface area (Å²) >= 11 is 11.6. The average molecular weight is 305 g/mol. The molecule has 0 fully saturated rings. The van der Waals surface area contributed by atoms with Crippen LogP contribution >= 0.6 is 23.2 Å². The molecule has 0 aliphatic heterocycles. The fourth-order valence-electron chi connectivity index (χ4n) is 1.52. The minimum absolute atomic E-state index is 0.0118. The first-order chi connectivity index (χ1) is 8.82. The third-order valence-corrected chi connectivity index (χ3v) is 3.05. The van der Waals surface area contributed by atoms with Crippen LogP contribution in [0.4, 0.5) is 5.69 Å². The highest BCUT2D eigenvalue weighted by molar-refractivity contribution is 6.31. The van der Waals surface area contributed by atoms with E-state index in [1.807, 2.05) is 6.92 Å². The van der Waals surface area contributed by atoms with Crippen molar-refractivity contribution in [1.82, 2.24) is 4.90 Å². The van der Waals surface area contributed by atoms with Gasteiger partial charge in [0.05, 0.1) is 4.92 Å². The second-order valence-electron chi connectivity index (χ2n) is 4.21. The van der Waals surface area contributed by atoms with Gasteiger partial charge in [0.1, 0.15) is 5.56 Å². The van der Waals surface area contributed by atoms with E-state index in [-0.39, 0.29) is 21.7 Å². The maximum atomic E-state index is 12.2. The van der Waals surface area contributed by atoms with E-state index in [2.05, 4.69) is 0 Å².